The second kappa shape index (κ2) is 8.87. The highest BCUT2D eigenvalue weighted by Gasteiger charge is 2.10. The van der Waals surface area contributed by atoms with Gasteiger partial charge in [-0.25, -0.2) is 4.79 Å². The largest absolute Gasteiger partial charge is 0.396 e. The Labute approximate surface area is 125 Å². The average Bonchev–Trinajstić information content (AvgIpc) is 2.38. The Bertz CT molecular complexity index is 424. The summed E-state index contributed by atoms with van der Waals surface area (Å²) < 4.78 is 0. The van der Waals surface area contributed by atoms with E-state index >= 15 is 0 Å². The lowest BCUT2D eigenvalue weighted by atomic mass is 10.2. The van der Waals surface area contributed by atoms with Gasteiger partial charge in [0, 0.05) is 22.8 Å². The molecule has 0 spiro atoms. The van der Waals surface area contributed by atoms with Gasteiger partial charge in [-0.2, -0.15) is 0 Å². The van der Waals surface area contributed by atoms with Crippen LogP contribution >= 0.6 is 11.8 Å². The van der Waals surface area contributed by atoms with Crippen molar-refractivity contribution < 1.29 is 9.90 Å². The highest BCUT2D eigenvalue weighted by molar-refractivity contribution is 8.00. The molecule has 0 heterocycles. The number of hydrogen-bond donors (Lipinski definition) is 3. The number of benzene rings is 1. The zero-order valence-electron chi connectivity index (χ0n) is 12.3. The van der Waals surface area contributed by atoms with Gasteiger partial charge in [-0.1, -0.05) is 26.0 Å². The van der Waals surface area contributed by atoms with Gasteiger partial charge in [-0.05, 0) is 31.9 Å². The lowest BCUT2D eigenvalue weighted by Gasteiger charge is -2.16. The van der Waals surface area contributed by atoms with Crippen molar-refractivity contribution in [1.29, 1.82) is 0 Å². The van der Waals surface area contributed by atoms with E-state index in [1.54, 1.807) is 11.8 Å². The highest BCUT2D eigenvalue weighted by Crippen LogP contribution is 2.29. The van der Waals surface area contributed by atoms with Gasteiger partial charge in [0.15, 0.2) is 0 Å². The first-order valence-corrected chi connectivity index (χ1v) is 7.85. The fraction of sp³-hybridized carbons (Fsp3) is 0.533. The second-order valence-electron chi connectivity index (χ2n) is 5.03. The van der Waals surface area contributed by atoms with E-state index in [-0.39, 0.29) is 18.7 Å². The number of carbonyl (C=O) groups excluding carboxylic acids is 1. The van der Waals surface area contributed by atoms with Gasteiger partial charge < -0.3 is 15.7 Å². The molecule has 0 saturated carbocycles. The third kappa shape index (κ3) is 6.30. The molecule has 0 radical (unpaired) electrons. The van der Waals surface area contributed by atoms with Crippen molar-refractivity contribution >= 4 is 23.5 Å². The zero-order valence-corrected chi connectivity index (χ0v) is 13.2. The zero-order chi connectivity index (χ0) is 15.0. The third-order valence-electron chi connectivity index (χ3n) is 2.67. The van der Waals surface area contributed by atoms with Crippen LogP contribution in [0.4, 0.5) is 10.5 Å². The highest BCUT2D eigenvalue weighted by atomic mass is 32.2. The van der Waals surface area contributed by atoms with E-state index in [2.05, 4.69) is 24.5 Å². The fourth-order valence-corrected chi connectivity index (χ4v) is 2.69. The molecule has 1 rings (SSSR count). The van der Waals surface area contributed by atoms with Crippen LogP contribution in [0.5, 0.6) is 0 Å². The Morgan fingerprint density at radius 1 is 1.30 bits per heavy atom. The quantitative estimate of drug-likeness (QED) is 0.675. The lowest BCUT2D eigenvalue weighted by molar-refractivity contribution is 0.245. The maximum Gasteiger partial charge on any atom is 0.319 e. The van der Waals surface area contributed by atoms with Gasteiger partial charge in [-0.15, -0.1) is 11.8 Å². The van der Waals surface area contributed by atoms with Crippen molar-refractivity contribution in [3.05, 3.63) is 24.3 Å². The van der Waals surface area contributed by atoms with Crippen LogP contribution in [0.15, 0.2) is 29.2 Å². The number of anilines is 1. The molecule has 0 saturated heterocycles. The number of hydrogen-bond acceptors (Lipinski definition) is 3. The van der Waals surface area contributed by atoms with Gasteiger partial charge in [0.25, 0.3) is 0 Å². The minimum absolute atomic E-state index is 0.0482. The summed E-state index contributed by atoms with van der Waals surface area (Å²) in [4.78, 5) is 13.0. The predicted octanol–water partition coefficient (Wildman–Crippen LogP) is 3.47. The normalized spacial score (nSPS) is 12.2. The Morgan fingerprint density at radius 2 is 2.00 bits per heavy atom. The summed E-state index contributed by atoms with van der Waals surface area (Å²) in [5, 5.41) is 15.0. The first kappa shape index (κ1) is 16.9. The molecule has 4 nitrogen and oxygen atoms in total. The molecular weight excluding hydrogens is 272 g/mol. The molecule has 0 aliphatic heterocycles. The molecule has 1 aromatic rings. The van der Waals surface area contributed by atoms with Crippen molar-refractivity contribution in [2.45, 2.75) is 49.8 Å². The second-order valence-corrected chi connectivity index (χ2v) is 6.65. The van der Waals surface area contributed by atoms with Crippen LogP contribution in [0.25, 0.3) is 0 Å². The number of carbonyl (C=O) groups is 1. The number of nitrogens with one attached hydrogen (secondary N) is 2. The minimum atomic E-state index is -0.202. The van der Waals surface area contributed by atoms with E-state index in [1.165, 1.54) is 0 Å². The summed E-state index contributed by atoms with van der Waals surface area (Å²) in [6.07, 6.45) is 1.47. The van der Waals surface area contributed by atoms with Gasteiger partial charge in [0.1, 0.15) is 0 Å². The van der Waals surface area contributed by atoms with Crippen molar-refractivity contribution in [3.8, 4) is 0 Å². The Morgan fingerprint density at radius 3 is 2.65 bits per heavy atom. The number of rotatable bonds is 7. The van der Waals surface area contributed by atoms with E-state index in [0.29, 0.717) is 11.7 Å². The summed E-state index contributed by atoms with van der Waals surface area (Å²) in [6, 6.07) is 7.64. The first-order chi connectivity index (χ1) is 9.52. The third-order valence-corrected chi connectivity index (χ3v) is 3.75. The van der Waals surface area contributed by atoms with E-state index in [4.69, 9.17) is 5.11 Å². The van der Waals surface area contributed by atoms with Crippen molar-refractivity contribution in [2.24, 2.45) is 0 Å². The maximum absolute atomic E-state index is 11.9. The number of amides is 2. The van der Waals surface area contributed by atoms with Crippen LogP contribution in [0.3, 0.4) is 0 Å². The number of aliphatic hydroxyl groups excluding tert-OH is 1. The average molecular weight is 296 g/mol. The molecule has 2 amide bonds. The molecule has 1 unspecified atom stereocenters. The maximum atomic E-state index is 11.9. The van der Waals surface area contributed by atoms with E-state index < -0.39 is 0 Å². The Kier molecular flexibility index (Phi) is 7.47. The van der Waals surface area contributed by atoms with Gasteiger partial charge in [0.2, 0.25) is 0 Å². The summed E-state index contributed by atoms with van der Waals surface area (Å²) in [7, 11) is 0. The number of para-hydroxylation sites is 1. The molecular formula is C15H24N2O2S. The van der Waals surface area contributed by atoms with Gasteiger partial charge >= 0.3 is 6.03 Å². The number of aliphatic hydroxyl groups is 1. The smallest absolute Gasteiger partial charge is 0.319 e. The molecule has 112 valence electrons. The molecule has 0 aliphatic rings. The molecule has 0 bridgehead atoms. The van der Waals surface area contributed by atoms with E-state index in [9.17, 15) is 4.79 Å². The van der Waals surface area contributed by atoms with Gasteiger partial charge in [0.05, 0.1) is 5.69 Å². The molecule has 3 N–H and O–H groups in total. The summed E-state index contributed by atoms with van der Waals surface area (Å²) >= 11 is 1.72. The SMILES string of the molecule is CC(CCCO)NC(=O)Nc1ccccc1SC(C)C. The molecule has 5 heteroatoms. The molecule has 0 aliphatic carbocycles. The molecule has 20 heavy (non-hydrogen) atoms. The molecule has 1 atom stereocenters. The number of thioether (sulfide) groups is 1. The Balaban J connectivity index is 2.57. The summed E-state index contributed by atoms with van der Waals surface area (Å²) in [6.45, 7) is 6.34. The Hall–Kier alpha value is -1.20. The van der Waals surface area contributed by atoms with Crippen LogP contribution in [-0.2, 0) is 0 Å². The molecule has 0 aromatic heterocycles. The van der Waals surface area contributed by atoms with Crippen LogP contribution in [-0.4, -0.2) is 29.0 Å². The lowest BCUT2D eigenvalue weighted by Crippen LogP contribution is -2.36. The molecule has 1 aromatic carbocycles. The van der Waals surface area contributed by atoms with Crippen LogP contribution in [0.2, 0.25) is 0 Å². The molecule has 0 fully saturated rings. The fourth-order valence-electron chi connectivity index (χ4n) is 1.78. The van der Waals surface area contributed by atoms with Crippen molar-refractivity contribution in [1.82, 2.24) is 5.32 Å². The van der Waals surface area contributed by atoms with Crippen molar-refractivity contribution in [2.75, 3.05) is 11.9 Å². The minimum Gasteiger partial charge on any atom is -0.396 e. The van der Waals surface area contributed by atoms with Crippen molar-refractivity contribution in [3.63, 3.8) is 0 Å². The van der Waals surface area contributed by atoms with Crippen LogP contribution < -0.4 is 10.6 Å². The summed E-state index contributed by atoms with van der Waals surface area (Å²) in [5.41, 5.74) is 0.832. The predicted molar refractivity (Wildman–Crippen MR) is 85.4 cm³/mol. The monoisotopic (exact) mass is 296 g/mol. The van der Waals surface area contributed by atoms with E-state index in [0.717, 1.165) is 17.0 Å². The topological polar surface area (TPSA) is 61.4 Å². The van der Waals surface area contributed by atoms with Crippen LogP contribution in [0, 0.1) is 0 Å². The summed E-state index contributed by atoms with van der Waals surface area (Å²) in [5.74, 6) is 0. The van der Waals surface area contributed by atoms with Gasteiger partial charge in [-0.3, -0.25) is 0 Å². The van der Waals surface area contributed by atoms with Crippen LogP contribution in [0.1, 0.15) is 33.6 Å². The number of urea groups is 1. The first-order valence-electron chi connectivity index (χ1n) is 6.97. The standard InChI is InChI=1S/C15H24N2O2S/c1-11(2)20-14-9-5-4-8-13(14)17-15(19)16-12(3)7-6-10-18/h4-5,8-9,11-12,18H,6-7,10H2,1-3H3,(H2,16,17,19). The van der Waals surface area contributed by atoms with E-state index in [1.807, 2.05) is 31.2 Å².